The number of fused-ring (bicyclic) bond motifs is 1. The first-order valence-corrected chi connectivity index (χ1v) is 9.05. The molecule has 0 aliphatic rings. The van der Waals surface area contributed by atoms with Crippen LogP contribution in [0.4, 0.5) is 5.82 Å². The Kier molecular flexibility index (Phi) is 4.84. The summed E-state index contributed by atoms with van der Waals surface area (Å²) < 4.78 is 7.66. The predicted molar refractivity (Wildman–Crippen MR) is 107 cm³/mol. The molecule has 0 saturated carbocycles. The normalized spacial score (nSPS) is 12.1. The van der Waals surface area contributed by atoms with Gasteiger partial charge in [-0.3, -0.25) is 14.6 Å². The molecule has 0 aliphatic heterocycles. The Bertz CT molecular complexity index is 1080. The molecule has 4 heterocycles. The third-order valence-corrected chi connectivity index (χ3v) is 4.28. The lowest BCUT2D eigenvalue weighted by atomic mass is 10.2. The summed E-state index contributed by atoms with van der Waals surface area (Å²) in [6, 6.07) is 9.41. The van der Waals surface area contributed by atoms with E-state index in [4.69, 9.17) is 9.72 Å². The Morgan fingerprint density at radius 1 is 1.14 bits per heavy atom. The molecule has 0 spiro atoms. The summed E-state index contributed by atoms with van der Waals surface area (Å²) in [6.45, 7) is 4.51. The molecule has 4 rings (SSSR count). The summed E-state index contributed by atoms with van der Waals surface area (Å²) in [5, 5.41) is 8.79. The first kappa shape index (κ1) is 17.8. The molecule has 0 saturated heterocycles. The van der Waals surface area contributed by atoms with Crippen LogP contribution >= 0.6 is 0 Å². The molecule has 0 fully saturated rings. The van der Waals surface area contributed by atoms with E-state index in [-0.39, 0.29) is 6.10 Å². The minimum atomic E-state index is -0.0792. The molecule has 1 unspecified atom stereocenters. The van der Waals surface area contributed by atoms with E-state index in [0.717, 1.165) is 28.3 Å². The molecule has 0 radical (unpaired) electrons. The van der Waals surface area contributed by atoms with Crippen LogP contribution in [-0.2, 0) is 7.05 Å². The second-order valence-electron chi connectivity index (χ2n) is 6.52. The highest BCUT2D eigenvalue weighted by atomic mass is 16.5. The molecule has 0 aliphatic carbocycles. The fourth-order valence-electron chi connectivity index (χ4n) is 3.01. The van der Waals surface area contributed by atoms with Gasteiger partial charge in [0.2, 0.25) is 0 Å². The van der Waals surface area contributed by atoms with Crippen molar-refractivity contribution in [3.8, 4) is 17.3 Å². The number of ether oxygens (including phenoxy) is 1. The average Bonchev–Trinajstić information content (AvgIpc) is 3.01. The molecule has 1 N–H and O–H groups in total. The van der Waals surface area contributed by atoms with Gasteiger partial charge in [-0.1, -0.05) is 6.07 Å². The molecule has 0 bridgehead atoms. The second kappa shape index (κ2) is 7.59. The van der Waals surface area contributed by atoms with E-state index in [0.29, 0.717) is 18.1 Å². The monoisotopic (exact) mass is 375 g/mol. The van der Waals surface area contributed by atoms with Crippen LogP contribution in [0, 0.1) is 6.92 Å². The maximum atomic E-state index is 5.90. The van der Waals surface area contributed by atoms with Crippen LogP contribution in [0.2, 0.25) is 0 Å². The van der Waals surface area contributed by atoms with Crippen molar-refractivity contribution in [2.45, 2.75) is 20.0 Å². The second-order valence-corrected chi connectivity index (χ2v) is 6.52. The number of aromatic nitrogens is 6. The Morgan fingerprint density at radius 3 is 2.79 bits per heavy atom. The van der Waals surface area contributed by atoms with Crippen molar-refractivity contribution in [3.63, 3.8) is 0 Å². The summed E-state index contributed by atoms with van der Waals surface area (Å²) >= 11 is 0. The molecule has 0 amide bonds. The van der Waals surface area contributed by atoms with Gasteiger partial charge in [-0.2, -0.15) is 5.10 Å². The number of anilines is 1. The summed E-state index contributed by atoms with van der Waals surface area (Å²) in [5.41, 5.74) is 2.34. The molecule has 1 atom stereocenters. The van der Waals surface area contributed by atoms with Crippen LogP contribution in [0.1, 0.15) is 12.6 Å². The first-order valence-electron chi connectivity index (χ1n) is 9.05. The fraction of sp³-hybridized carbons (Fsp3) is 0.250. The number of rotatable bonds is 6. The van der Waals surface area contributed by atoms with Crippen LogP contribution in [0.5, 0.6) is 5.75 Å². The van der Waals surface area contributed by atoms with Gasteiger partial charge in [0.25, 0.3) is 0 Å². The van der Waals surface area contributed by atoms with Crippen molar-refractivity contribution in [3.05, 3.63) is 54.6 Å². The zero-order valence-corrected chi connectivity index (χ0v) is 16.0. The summed E-state index contributed by atoms with van der Waals surface area (Å²) in [5.74, 6) is 2.01. The maximum Gasteiger partial charge on any atom is 0.182 e. The molecule has 0 aromatic carbocycles. The van der Waals surface area contributed by atoms with Crippen molar-refractivity contribution >= 4 is 16.9 Å². The molecular weight excluding hydrogens is 354 g/mol. The number of nitrogens with one attached hydrogen (secondary N) is 1. The van der Waals surface area contributed by atoms with E-state index in [2.05, 4.69) is 25.4 Å². The van der Waals surface area contributed by atoms with Crippen molar-refractivity contribution in [2.24, 2.45) is 7.05 Å². The average molecular weight is 375 g/mol. The smallest absolute Gasteiger partial charge is 0.182 e. The van der Waals surface area contributed by atoms with Crippen molar-refractivity contribution < 1.29 is 4.74 Å². The Balaban J connectivity index is 1.63. The Morgan fingerprint density at radius 2 is 2.04 bits per heavy atom. The van der Waals surface area contributed by atoms with Crippen molar-refractivity contribution in [1.29, 1.82) is 0 Å². The van der Waals surface area contributed by atoms with E-state index in [9.17, 15) is 0 Å². The third-order valence-electron chi connectivity index (χ3n) is 4.28. The third kappa shape index (κ3) is 3.62. The quantitative estimate of drug-likeness (QED) is 0.554. The zero-order chi connectivity index (χ0) is 19.5. The fourth-order valence-corrected chi connectivity index (χ4v) is 3.01. The zero-order valence-electron chi connectivity index (χ0n) is 16.0. The molecule has 4 aromatic rings. The Hall–Kier alpha value is -3.55. The largest absolute Gasteiger partial charge is 0.487 e. The lowest BCUT2D eigenvalue weighted by molar-refractivity contribution is 0.234. The number of hydrogen-bond acceptors (Lipinski definition) is 7. The van der Waals surface area contributed by atoms with Crippen LogP contribution in [-0.4, -0.2) is 42.4 Å². The number of hydrogen-bond donors (Lipinski definition) is 1. The van der Waals surface area contributed by atoms with Gasteiger partial charge in [0.15, 0.2) is 11.5 Å². The van der Waals surface area contributed by atoms with Crippen LogP contribution < -0.4 is 10.1 Å². The van der Waals surface area contributed by atoms with E-state index in [1.807, 2.05) is 51.2 Å². The topological polar surface area (TPSA) is 90.6 Å². The first-order chi connectivity index (χ1) is 13.6. The SMILES string of the molecule is Cc1nn(C)c2nc(-c3ccccn3)nc(NCC(C)Oc3cccnc3)c12. The maximum absolute atomic E-state index is 5.90. The molecule has 4 aromatic heterocycles. The van der Waals surface area contributed by atoms with Gasteiger partial charge >= 0.3 is 0 Å². The van der Waals surface area contributed by atoms with Gasteiger partial charge in [0.1, 0.15) is 23.4 Å². The summed E-state index contributed by atoms with van der Waals surface area (Å²) in [7, 11) is 1.88. The number of nitrogens with zero attached hydrogens (tertiary/aromatic N) is 6. The van der Waals surface area contributed by atoms with Crippen LogP contribution in [0.15, 0.2) is 48.9 Å². The van der Waals surface area contributed by atoms with Gasteiger partial charge in [0, 0.05) is 19.4 Å². The van der Waals surface area contributed by atoms with Gasteiger partial charge in [0.05, 0.1) is 23.8 Å². The highest BCUT2D eigenvalue weighted by Crippen LogP contribution is 2.26. The van der Waals surface area contributed by atoms with E-state index >= 15 is 0 Å². The summed E-state index contributed by atoms with van der Waals surface area (Å²) in [4.78, 5) is 17.8. The van der Waals surface area contributed by atoms with E-state index in [1.165, 1.54) is 0 Å². The highest BCUT2D eigenvalue weighted by Gasteiger charge is 2.17. The summed E-state index contributed by atoms with van der Waals surface area (Å²) in [6.07, 6.45) is 5.07. The number of aryl methyl sites for hydroxylation is 2. The van der Waals surface area contributed by atoms with E-state index < -0.39 is 0 Å². The molecule has 142 valence electrons. The lowest BCUT2D eigenvalue weighted by Gasteiger charge is -2.16. The van der Waals surface area contributed by atoms with Crippen LogP contribution in [0.3, 0.4) is 0 Å². The highest BCUT2D eigenvalue weighted by molar-refractivity contribution is 5.90. The molecular formula is C20H21N7O. The van der Waals surface area contributed by atoms with Crippen molar-refractivity contribution in [2.75, 3.05) is 11.9 Å². The van der Waals surface area contributed by atoms with E-state index in [1.54, 1.807) is 23.3 Å². The Labute approximate surface area is 162 Å². The minimum absolute atomic E-state index is 0.0792. The van der Waals surface area contributed by atoms with Gasteiger partial charge < -0.3 is 10.1 Å². The predicted octanol–water partition coefficient (Wildman–Crippen LogP) is 3.01. The molecule has 8 nitrogen and oxygen atoms in total. The molecule has 8 heteroatoms. The standard InChI is InChI=1S/C20H21N7O/c1-13(28-15-7-6-9-21-12-15)11-23-19-17-14(2)26-27(3)20(17)25-18(24-19)16-8-4-5-10-22-16/h4-10,12-13H,11H2,1-3H3,(H,23,24,25). The van der Waals surface area contributed by atoms with Gasteiger partial charge in [-0.25, -0.2) is 9.97 Å². The van der Waals surface area contributed by atoms with Gasteiger partial charge in [-0.05, 0) is 38.1 Å². The van der Waals surface area contributed by atoms with Crippen LogP contribution in [0.25, 0.3) is 22.6 Å². The lowest BCUT2D eigenvalue weighted by Crippen LogP contribution is -2.23. The number of pyridine rings is 2. The van der Waals surface area contributed by atoms with Crippen molar-refractivity contribution in [1.82, 2.24) is 29.7 Å². The van der Waals surface area contributed by atoms with Gasteiger partial charge in [-0.15, -0.1) is 0 Å². The minimum Gasteiger partial charge on any atom is -0.487 e. The molecule has 28 heavy (non-hydrogen) atoms.